The Hall–Kier alpha value is -7.81. The van der Waals surface area contributed by atoms with E-state index in [0.717, 1.165) is 56.0 Å². The molecule has 0 N–H and O–H groups in total. The number of benzene rings is 10. The summed E-state index contributed by atoms with van der Waals surface area (Å²) in [6.07, 6.45) is 0. The van der Waals surface area contributed by atoms with Gasteiger partial charge in [-0.2, -0.15) is 0 Å². The van der Waals surface area contributed by atoms with Gasteiger partial charge in [0.05, 0.1) is 16.8 Å². The fourth-order valence-corrected chi connectivity index (χ4v) is 11.6. The van der Waals surface area contributed by atoms with Crippen molar-refractivity contribution in [2.45, 2.75) is 24.7 Å². The summed E-state index contributed by atoms with van der Waals surface area (Å²) >= 11 is 0. The smallest absolute Gasteiger partial charge is 0.193 e. The molecule has 0 amide bonds. The lowest BCUT2D eigenvalue weighted by Crippen LogP contribution is -2.37. The molecule has 1 aliphatic heterocycles. The first-order valence-electron chi connectivity index (χ1n) is 22.0. The van der Waals surface area contributed by atoms with E-state index in [9.17, 15) is 4.79 Å². The van der Waals surface area contributed by atoms with Crippen LogP contribution < -0.4 is 4.90 Å². The van der Waals surface area contributed by atoms with Crippen LogP contribution in [0.15, 0.2) is 212 Å². The zero-order chi connectivity index (χ0) is 42.0. The van der Waals surface area contributed by atoms with Crippen LogP contribution in [-0.4, -0.2) is 5.78 Å². The maximum atomic E-state index is 14.6. The minimum absolute atomic E-state index is 0.0975. The third-order valence-corrected chi connectivity index (χ3v) is 14.4. The third kappa shape index (κ3) is 4.86. The molecule has 0 saturated heterocycles. The van der Waals surface area contributed by atoms with E-state index in [1.807, 2.05) is 12.1 Å². The maximum Gasteiger partial charge on any atom is 0.193 e. The Morgan fingerprint density at radius 1 is 0.349 bits per heavy atom. The molecule has 2 nitrogen and oxygen atoms in total. The fourth-order valence-electron chi connectivity index (χ4n) is 11.6. The Balaban J connectivity index is 1.17. The highest BCUT2D eigenvalue weighted by Gasteiger charge is 2.53. The van der Waals surface area contributed by atoms with E-state index >= 15 is 0 Å². The molecule has 0 fully saturated rings. The van der Waals surface area contributed by atoms with Crippen LogP contribution >= 0.6 is 0 Å². The number of hydrogen-bond acceptors (Lipinski definition) is 2. The number of rotatable bonds is 3. The van der Waals surface area contributed by atoms with Crippen LogP contribution in [-0.2, 0) is 10.8 Å². The van der Waals surface area contributed by atoms with Crippen LogP contribution in [0.25, 0.3) is 54.9 Å². The lowest BCUT2D eigenvalue weighted by atomic mass is 9.62. The summed E-state index contributed by atoms with van der Waals surface area (Å²) in [5.41, 5.74) is 17.9. The second-order valence-corrected chi connectivity index (χ2v) is 17.9. The fraction of sp³-hybridized carbons (Fsp3) is 0.0656. The van der Waals surface area contributed by atoms with Gasteiger partial charge in [-0.15, -0.1) is 0 Å². The number of para-hydroxylation sites is 1. The highest BCUT2D eigenvalue weighted by Crippen LogP contribution is 2.65. The third-order valence-electron chi connectivity index (χ3n) is 14.4. The molecule has 3 aliphatic rings. The summed E-state index contributed by atoms with van der Waals surface area (Å²) in [4.78, 5) is 17.1. The molecule has 1 heterocycles. The van der Waals surface area contributed by atoms with Gasteiger partial charge >= 0.3 is 0 Å². The molecule has 10 aromatic carbocycles. The van der Waals surface area contributed by atoms with Crippen molar-refractivity contribution in [2.75, 3.05) is 4.90 Å². The van der Waals surface area contributed by atoms with Crippen molar-refractivity contribution in [3.05, 3.63) is 257 Å². The second-order valence-electron chi connectivity index (χ2n) is 17.9. The highest BCUT2D eigenvalue weighted by molar-refractivity contribution is 6.14. The van der Waals surface area contributed by atoms with Crippen molar-refractivity contribution in [3.63, 3.8) is 0 Å². The van der Waals surface area contributed by atoms with Gasteiger partial charge in [0, 0.05) is 22.2 Å². The molecule has 0 aromatic heterocycles. The van der Waals surface area contributed by atoms with Crippen molar-refractivity contribution in [1.29, 1.82) is 0 Å². The first kappa shape index (κ1) is 35.9. The number of hydrogen-bond donors (Lipinski definition) is 0. The standard InChI is InChI=1S/C61H41NO/c1-60(2)51-28-12-11-25-48(51)59(63)50-36-49-47-24-10-13-29-52(47)61(56(49)37-55(50)60)53-32-30-40(45-26-14-18-38-16-6-8-22-43(38)45)34-57(53)62(42-20-4-3-5-21-42)58-35-41(31-33-54(58)61)46-27-15-19-39-17-7-9-23-44(39)46/h3-37H,1-2H3. The number of ketones is 1. The number of fused-ring (bicyclic) bond motifs is 13. The Bertz CT molecular complexity index is 3440. The monoisotopic (exact) mass is 803 g/mol. The molecule has 0 radical (unpaired) electrons. The molecular weight excluding hydrogens is 763 g/mol. The maximum absolute atomic E-state index is 14.6. The van der Waals surface area contributed by atoms with Crippen molar-refractivity contribution >= 4 is 44.4 Å². The van der Waals surface area contributed by atoms with Crippen molar-refractivity contribution in [1.82, 2.24) is 0 Å². The Morgan fingerprint density at radius 2 is 0.857 bits per heavy atom. The van der Waals surface area contributed by atoms with Crippen LogP contribution in [0, 0.1) is 0 Å². The minimum atomic E-state index is -0.707. The molecule has 0 atom stereocenters. The first-order chi connectivity index (χ1) is 30.9. The zero-order valence-electron chi connectivity index (χ0n) is 35.1. The summed E-state index contributed by atoms with van der Waals surface area (Å²) < 4.78 is 0. The van der Waals surface area contributed by atoms with E-state index in [2.05, 4.69) is 219 Å². The minimum Gasteiger partial charge on any atom is -0.310 e. The first-order valence-corrected chi connectivity index (χ1v) is 22.0. The van der Waals surface area contributed by atoms with Crippen LogP contribution in [0.2, 0.25) is 0 Å². The lowest BCUT2D eigenvalue weighted by molar-refractivity contribution is 0.103. The summed E-state index contributed by atoms with van der Waals surface area (Å²) in [5, 5.41) is 4.89. The molecule has 2 heteroatoms. The van der Waals surface area contributed by atoms with Crippen LogP contribution in [0.3, 0.4) is 0 Å². The molecule has 63 heavy (non-hydrogen) atoms. The van der Waals surface area contributed by atoms with Gasteiger partial charge in [0.15, 0.2) is 5.78 Å². The molecule has 2 aliphatic carbocycles. The Labute approximate surface area is 367 Å². The predicted octanol–water partition coefficient (Wildman–Crippen LogP) is 15.3. The molecular formula is C61H41NO. The number of carbonyl (C=O) groups is 1. The van der Waals surface area contributed by atoms with E-state index in [4.69, 9.17) is 0 Å². The average Bonchev–Trinajstić information content (AvgIpc) is 3.62. The SMILES string of the molecule is CC1(C)c2ccccc2C(=O)c2cc3c(cc21)C1(c2ccccc2-3)c2ccc(-c3cccc4ccccc34)cc2N(c2ccccc2)c2cc(-c3cccc4ccccc34)ccc21. The summed E-state index contributed by atoms with van der Waals surface area (Å²) in [7, 11) is 0. The number of nitrogens with zero attached hydrogens (tertiary/aromatic N) is 1. The van der Waals surface area contributed by atoms with E-state index < -0.39 is 10.8 Å². The van der Waals surface area contributed by atoms with Crippen LogP contribution in [0.4, 0.5) is 17.1 Å². The summed E-state index contributed by atoms with van der Waals surface area (Å²) in [6.45, 7) is 4.57. The lowest BCUT2D eigenvalue weighted by Gasteiger charge is -2.46. The van der Waals surface area contributed by atoms with Gasteiger partial charge in [0.25, 0.3) is 0 Å². The molecule has 0 unspecified atom stereocenters. The molecule has 0 saturated carbocycles. The largest absolute Gasteiger partial charge is 0.310 e. The van der Waals surface area contributed by atoms with Crippen molar-refractivity contribution in [3.8, 4) is 33.4 Å². The highest BCUT2D eigenvalue weighted by atomic mass is 16.1. The van der Waals surface area contributed by atoms with E-state index in [1.165, 1.54) is 60.5 Å². The molecule has 1 spiro atoms. The average molecular weight is 804 g/mol. The van der Waals surface area contributed by atoms with Gasteiger partial charge in [-0.05, 0) is 119 Å². The van der Waals surface area contributed by atoms with E-state index in [1.54, 1.807) is 0 Å². The Morgan fingerprint density at radius 3 is 1.49 bits per heavy atom. The zero-order valence-corrected chi connectivity index (χ0v) is 35.1. The Kier molecular flexibility index (Phi) is 7.46. The molecule has 296 valence electrons. The van der Waals surface area contributed by atoms with Gasteiger partial charge in [-0.25, -0.2) is 0 Å². The van der Waals surface area contributed by atoms with Gasteiger partial charge in [-0.3, -0.25) is 4.79 Å². The summed E-state index contributed by atoms with van der Waals surface area (Å²) in [6, 6.07) is 77.6. The number of carbonyl (C=O) groups excluding carboxylic acids is 1. The van der Waals surface area contributed by atoms with E-state index in [-0.39, 0.29) is 5.78 Å². The molecule has 10 aromatic rings. The number of anilines is 3. The molecule has 0 bridgehead atoms. The summed E-state index contributed by atoms with van der Waals surface area (Å²) in [5.74, 6) is 0.0975. The van der Waals surface area contributed by atoms with E-state index in [0.29, 0.717) is 0 Å². The van der Waals surface area contributed by atoms with Crippen molar-refractivity contribution in [2.24, 2.45) is 0 Å². The van der Waals surface area contributed by atoms with Gasteiger partial charge in [0.1, 0.15) is 0 Å². The predicted molar refractivity (Wildman–Crippen MR) is 260 cm³/mol. The second kappa shape index (κ2) is 13.1. The van der Waals surface area contributed by atoms with Crippen LogP contribution in [0.1, 0.15) is 63.1 Å². The van der Waals surface area contributed by atoms with Gasteiger partial charge in [0.2, 0.25) is 0 Å². The van der Waals surface area contributed by atoms with Crippen LogP contribution in [0.5, 0.6) is 0 Å². The van der Waals surface area contributed by atoms with Gasteiger partial charge in [-0.1, -0.05) is 196 Å². The quantitative estimate of drug-likeness (QED) is 0.177. The normalized spacial score (nSPS) is 14.8. The molecule has 13 rings (SSSR count). The van der Waals surface area contributed by atoms with Crippen molar-refractivity contribution < 1.29 is 4.79 Å². The topological polar surface area (TPSA) is 20.3 Å². The van der Waals surface area contributed by atoms with Gasteiger partial charge < -0.3 is 4.90 Å².